The summed E-state index contributed by atoms with van der Waals surface area (Å²) < 4.78 is 12.9. The standard InChI is InChI=1S/C14H21FN2/c1-11(2)16-8-9-17(12(3)10-16)14-6-4-13(15)5-7-14/h4-7,11-12H,8-10H2,1-3H3. The van der Waals surface area contributed by atoms with Gasteiger partial charge in [0.1, 0.15) is 5.82 Å². The molecule has 1 atom stereocenters. The third-order valence-corrected chi connectivity index (χ3v) is 3.55. The zero-order chi connectivity index (χ0) is 12.4. The summed E-state index contributed by atoms with van der Waals surface area (Å²) >= 11 is 0. The molecule has 17 heavy (non-hydrogen) atoms. The van der Waals surface area contributed by atoms with Gasteiger partial charge >= 0.3 is 0 Å². The van der Waals surface area contributed by atoms with Crippen molar-refractivity contribution in [3.63, 3.8) is 0 Å². The van der Waals surface area contributed by atoms with Crippen LogP contribution < -0.4 is 4.90 Å². The number of nitrogens with zero attached hydrogens (tertiary/aromatic N) is 2. The van der Waals surface area contributed by atoms with Gasteiger partial charge in [-0.15, -0.1) is 0 Å². The molecule has 0 bridgehead atoms. The van der Waals surface area contributed by atoms with Gasteiger partial charge in [-0.25, -0.2) is 4.39 Å². The summed E-state index contributed by atoms with van der Waals surface area (Å²) in [6, 6.07) is 7.91. The van der Waals surface area contributed by atoms with Crippen LogP contribution >= 0.6 is 0 Å². The first-order valence-corrected chi connectivity index (χ1v) is 6.34. The molecule has 1 aromatic rings. The van der Waals surface area contributed by atoms with Gasteiger partial charge in [-0.1, -0.05) is 0 Å². The topological polar surface area (TPSA) is 6.48 Å². The SMILES string of the molecule is CC(C)N1CCN(c2ccc(F)cc2)C(C)C1. The molecule has 1 unspecified atom stereocenters. The predicted octanol–water partition coefficient (Wildman–Crippen LogP) is 2.74. The Bertz CT molecular complexity index is 361. The van der Waals surface area contributed by atoms with Gasteiger partial charge < -0.3 is 4.90 Å². The molecule has 2 rings (SSSR count). The normalized spacial score (nSPS) is 22.2. The number of piperazine rings is 1. The van der Waals surface area contributed by atoms with E-state index in [2.05, 4.69) is 30.6 Å². The lowest BCUT2D eigenvalue weighted by Crippen LogP contribution is -2.53. The maximum Gasteiger partial charge on any atom is 0.123 e. The van der Waals surface area contributed by atoms with Gasteiger partial charge in [-0.05, 0) is 45.0 Å². The largest absolute Gasteiger partial charge is 0.366 e. The molecule has 0 spiro atoms. The van der Waals surface area contributed by atoms with E-state index in [1.807, 2.05) is 12.1 Å². The quantitative estimate of drug-likeness (QED) is 0.779. The Morgan fingerprint density at radius 1 is 1.18 bits per heavy atom. The second-order valence-corrected chi connectivity index (χ2v) is 5.11. The third-order valence-electron chi connectivity index (χ3n) is 3.55. The highest BCUT2D eigenvalue weighted by atomic mass is 19.1. The van der Waals surface area contributed by atoms with E-state index in [0.717, 1.165) is 25.3 Å². The van der Waals surface area contributed by atoms with Gasteiger partial charge in [-0.3, -0.25) is 4.90 Å². The summed E-state index contributed by atoms with van der Waals surface area (Å²) in [5.41, 5.74) is 1.13. The van der Waals surface area contributed by atoms with E-state index in [9.17, 15) is 4.39 Å². The van der Waals surface area contributed by atoms with Crippen LogP contribution in [0.1, 0.15) is 20.8 Å². The van der Waals surface area contributed by atoms with Gasteiger partial charge in [0.25, 0.3) is 0 Å². The average Bonchev–Trinajstić information content (AvgIpc) is 2.30. The van der Waals surface area contributed by atoms with Gasteiger partial charge in [0.05, 0.1) is 0 Å². The van der Waals surface area contributed by atoms with Crippen LogP contribution in [-0.4, -0.2) is 36.6 Å². The molecule has 3 heteroatoms. The van der Waals surface area contributed by atoms with Crippen LogP contribution in [0, 0.1) is 5.82 Å². The van der Waals surface area contributed by atoms with Crippen molar-refractivity contribution in [2.45, 2.75) is 32.9 Å². The molecule has 1 fully saturated rings. The van der Waals surface area contributed by atoms with Crippen LogP contribution in [0.25, 0.3) is 0 Å². The molecule has 2 nitrogen and oxygen atoms in total. The molecule has 1 aromatic carbocycles. The molecule has 0 aliphatic carbocycles. The van der Waals surface area contributed by atoms with Crippen LogP contribution in [0.3, 0.4) is 0 Å². The van der Waals surface area contributed by atoms with E-state index in [1.165, 1.54) is 12.1 Å². The number of benzene rings is 1. The van der Waals surface area contributed by atoms with E-state index in [-0.39, 0.29) is 5.82 Å². The highest BCUT2D eigenvalue weighted by molar-refractivity contribution is 5.47. The molecule has 0 amide bonds. The number of halogens is 1. The van der Waals surface area contributed by atoms with Crippen molar-refractivity contribution in [3.05, 3.63) is 30.1 Å². The lowest BCUT2D eigenvalue weighted by molar-refractivity contribution is 0.185. The molecule has 1 saturated heterocycles. The summed E-state index contributed by atoms with van der Waals surface area (Å²) in [6.45, 7) is 9.89. The number of hydrogen-bond donors (Lipinski definition) is 0. The maximum atomic E-state index is 12.9. The molecule has 94 valence electrons. The fourth-order valence-corrected chi connectivity index (χ4v) is 2.47. The number of anilines is 1. The summed E-state index contributed by atoms with van der Waals surface area (Å²) in [7, 11) is 0. The predicted molar refractivity (Wildman–Crippen MR) is 69.9 cm³/mol. The Morgan fingerprint density at radius 2 is 1.82 bits per heavy atom. The van der Waals surface area contributed by atoms with E-state index in [4.69, 9.17) is 0 Å². The minimum Gasteiger partial charge on any atom is -0.366 e. The Hall–Kier alpha value is -1.09. The molecule has 0 N–H and O–H groups in total. The van der Waals surface area contributed by atoms with Crippen LogP contribution in [-0.2, 0) is 0 Å². The molecule has 0 aromatic heterocycles. The Balaban J connectivity index is 2.06. The summed E-state index contributed by atoms with van der Waals surface area (Å²) in [5, 5.41) is 0. The summed E-state index contributed by atoms with van der Waals surface area (Å²) in [6.07, 6.45) is 0. The first kappa shape index (κ1) is 12.4. The van der Waals surface area contributed by atoms with Crippen molar-refractivity contribution in [1.82, 2.24) is 4.90 Å². The van der Waals surface area contributed by atoms with E-state index in [0.29, 0.717) is 12.1 Å². The summed E-state index contributed by atoms with van der Waals surface area (Å²) in [5.74, 6) is -0.165. The molecule has 1 aliphatic rings. The zero-order valence-electron chi connectivity index (χ0n) is 10.9. The van der Waals surface area contributed by atoms with Crippen molar-refractivity contribution < 1.29 is 4.39 Å². The highest BCUT2D eigenvalue weighted by Gasteiger charge is 2.24. The molecule has 0 radical (unpaired) electrons. The fourth-order valence-electron chi connectivity index (χ4n) is 2.47. The Labute approximate surface area is 103 Å². The van der Waals surface area contributed by atoms with E-state index >= 15 is 0 Å². The van der Waals surface area contributed by atoms with Crippen LogP contribution in [0.4, 0.5) is 10.1 Å². The smallest absolute Gasteiger partial charge is 0.123 e. The van der Waals surface area contributed by atoms with Crippen LogP contribution in [0.15, 0.2) is 24.3 Å². The average molecular weight is 236 g/mol. The van der Waals surface area contributed by atoms with Gasteiger partial charge in [0.15, 0.2) is 0 Å². The second kappa shape index (κ2) is 5.05. The zero-order valence-corrected chi connectivity index (χ0v) is 10.9. The second-order valence-electron chi connectivity index (χ2n) is 5.11. The van der Waals surface area contributed by atoms with Crippen molar-refractivity contribution in [1.29, 1.82) is 0 Å². The van der Waals surface area contributed by atoms with Crippen LogP contribution in [0.2, 0.25) is 0 Å². The first-order chi connectivity index (χ1) is 8.08. The third kappa shape index (κ3) is 2.78. The van der Waals surface area contributed by atoms with Crippen molar-refractivity contribution in [2.75, 3.05) is 24.5 Å². The number of rotatable bonds is 2. The highest BCUT2D eigenvalue weighted by Crippen LogP contribution is 2.21. The van der Waals surface area contributed by atoms with E-state index < -0.39 is 0 Å². The lowest BCUT2D eigenvalue weighted by Gasteiger charge is -2.43. The molecule has 1 heterocycles. The van der Waals surface area contributed by atoms with E-state index in [1.54, 1.807) is 0 Å². The Kier molecular flexibility index (Phi) is 3.67. The molecular formula is C14H21FN2. The van der Waals surface area contributed by atoms with Crippen molar-refractivity contribution >= 4 is 5.69 Å². The maximum absolute atomic E-state index is 12.9. The fraction of sp³-hybridized carbons (Fsp3) is 0.571. The van der Waals surface area contributed by atoms with Gasteiger partial charge in [0, 0.05) is 37.4 Å². The summed E-state index contributed by atoms with van der Waals surface area (Å²) in [4.78, 5) is 4.85. The van der Waals surface area contributed by atoms with Crippen molar-refractivity contribution in [2.24, 2.45) is 0 Å². The van der Waals surface area contributed by atoms with Gasteiger partial charge in [0.2, 0.25) is 0 Å². The molecular weight excluding hydrogens is 215 g/mol. The van der Waals surface area contributed by atoms with Crippen LogP contribution in [0.5, 0.6) is 0 Å². The minimum atomic E-state index is -0.165. The first-order valence-electron chi connectivity index (χ1n) is 6.34. The van der Waals surface area contributed by atoms with Crippen molar-refractivity contribution in [3.8, 4) is 0 Å². The minimum absolute atomic E-state index is 0.165. The van der Waals surface area contributed by atoms with Gasteiger partial charge in [-0.2, -0.15) is 0 Å². The lowest BCUT2D eigenvalue weighted by atomic mass is 10.1. The monoisotopic (exact) mass is 236 g/mol. The molecule has 1 aliphatic heterocycles. The number of hydrogen-bond acceptors (Lipinski definition) is 2. The Morgan fingerprint density at radius 3 is 2.35 bits per heavy atom. The molecule has 0 saturated carbocycles.